The highest BCUT2D eigenvalue weighted by Crippen LogP contribution is 2.31. The maximum absolute atomic E-state index is 12.7. The number of imidazole rings is 1. The minimum absolute atomic E-state index is 0.240. The fourth-order valence-electron chi connectivity index (χ4n) is 3.20. The molecule has 120 valence electrons. The highest BCUT2D eigenvalue weighted by molar-refractivity contribution is 5.76. The summed E-state index contributed by atoms with van der Waals surface area (Å²) in [6.07, 6.45) is -2.29. The van der Waals surface area contributed by atoms with Crippen LogP contribution in [0.15, 0.2) is 23.0 Å². The van der Waals surface area contributed by atoms with Gasteiger partial charge in [-0.2, -0.15) is 13.2 Å². The van der Waals surface area contributed by atoms with Crippen molar-refractivity contribution in [3.05, 3.63) is 34.2 Å². The molecule has 0 aliphatic carbocycles. The predicted molar refractivity (Wildman–Crippen MR) is 77.8 cm³/mol. The number of aromatic amines is 1. The first-order valence-corrected chi connectivity index (χ1v) is 7.33. The lowest BCUT2D eigenvalue weighted by Gasteiger charge is -2.29. The Morgan fingerprint density at radius 3 is 2.82 bits per heavy atom. The number of aromatic nitrogens is 2. The molecule has 0 bridgehead atoms. The standard InChI is InChI=1S/C15H18F3N3O/c1-20-6-2-3-10(8-20)9-21-13-5-4-11(15(16,17)18)7-12(13)19-14(21)22/h4-5,7,10H,2-3,6,8-9H2,1H3,(H,19,22). The molecule has 1 fully saturated rings. The molecule has 1 saturated heterocycles. The Kier molecular flexibility index (Phi) is 3.76. The third-order valence-electron chi connectivity index (χ3n) is 4.26. The number of alkyl halides is 3. The number of likely N-dealkylation sites (tertiary alicyclic amines) is 1. The predicted octanol–water partition coefficient (Wildman–Crippen LogP) is 2.69. The van der Waals surface area contributed by atoms with Gasteiger partial charge in [0, 0.05) is 13.1 Å². The van der Waals surface area contributed by atoms with Gasteiger partial charge in [0.1, 0.15) is 0 Å². The summed E-state index contributed by atoms with van der Waals surface area (Å²) >= 11 is 0. The van der Waals surface area contributed by atoms with E-state index in [1.165, 1.54) is 6.07 Å². The van der Waals surface area contributed by atoms with Gasteiger partial charge < -0.3 is 9.88 Å². The van der Waals surface area contributed by atoms with Crippen LogP contribution in [0.1, 0.15) is 18.4 Å². The number of nitrogens with one attached hydrogen (secondary N) is 1. The number of rotatable bonds is 2. The molecular formula is C15H18F3N3O. The Morgan fingerprint density at radius 1 is 1.36 bits per heavy atom. The zero-order chi connectivity index (χ0) is 15.9. The van der Waals surface area contributed by atoms with Gasteiger partial charge in [0.25, 0.3) is 0 Å². The number of H-pyrrole nitrogens is 1. The molecule has 1 aromatic heterocycles. The van der Waals surface area contributed by atoms with Crippen LogP contribution in [0.5, 0.6) is 0 Å². The number of hydrogen-bond donors (Lipinski definition) is 1. The zero-order valence-corrected chi connectivity index (χ0v) is 12.3. The average Bonchev–Trinajstić information content (AvgIpc) is 2.73. The van der Waals surface area contributed by atoms with Crippen LogP contribution in [0.4, 0.5) is 13.2 Å². The van der Waals surface area contributed by atoms with Crippen LogP contribution in [-0.2, 0) is 12.7 Å². The largest absolute Gasteiger partial charge is 0.416 e. The maximum atomic E-state index is 12.7. The molecule has 0 saturated carbocycles. The third-order valence-corrected chi connectivity index (χ3v) is 4.26. The first-order chi connectivity index (χ1) is 10.3. The quantitative estimate of drug-likeness (QED) is 0.926. The Morgan fingerprint density at radius 2 is 2.14 bits per heavy atom. The molecule has 1 aliphatic rings. The van der Waals surface area contributed by atoms with Gasteiger partial charge in [-0.1, -0.05) is 0 Å². The maximum Gasteiger partial charge on any atom is 0.416 e. The van der Waals surface area contributed by atoms with Gasteiger partial charge >= 0.3 is 11.9 Å². The van der Waals surface area contributed by atoms with Gasteiger partial charge in [-0.3, -0.25) is 4.57 Å². The Bertz CT molecular complexity index is 732. The molecule has 0 amide bonds. The van der Waals surface area contributed by atoms with Crippen molar-refractivity contribution in [2.24, 2.45) is 5.92 Å². The lowest BCUT2D eigenvalue weighted by atomic mass is 9.98. The van der Waals surface area contributed by atoms with Gasteiger partial charge in [0.05, 0.1) is 16.6 Å². The molecule has 1 aromatic carbocycles. The molecule has 1 aliphatic heterocycles. The van der Waals surface area contributed by atoms with Crippen LogP contribution >= 0.6 is 0 Å². The molecule has 1 N–H and O–H groups in total. The van der Waals surface area contributed by atoms with Crippen LogP contribution in [0.3, 0.4) is 0 Å². The van der Waals surface area contributed by atoms with Gasteiger partial charge in [-0.05, 0) is 50.6 Å². The van der Waals surface area contributed by atoms with E-state index in [2.05, 4.69) is 9.88 Å². The first kappa shape index (κ1) is 15.1. The van der Waals surface area contributed by atoms with E-state index in [9.17, 15) is 18.0 Å². The summed E-state index contributed by atoms with van der Waals surface area (Å²) in [6, 6.07) is 3.40. The van der Waals surface area contributed by atoms with E-state index in [1.807, 2.05) is 7.05 Å². The van der Waals surface area contributed by atoms with Crippen LogP contribution in [0.2, 0.25) is 0 Å². The summed E-state index contributed by atoms with van der Waals surface area (Å²) in [5, 5.41) is 0. The van der Waals surface area contributed by atoms with Gasteiger partial charge in [-0.25, -0.2) is 4.79 Å². The molecule has 3 rings (SSSR count). The number of nitrogens with zero attached hydrogens (tertiary/aromatic N) is 2. The van der Waals surface area contributed by atoms with Crippen LogP contribution in [0.25, 0.3) is 11.0 Å². The molecule has 2 aromatic rings. The Hall–Kier alpha value is -1.76. The van der Waals surface area contributed by atoms with Crippen molar-refractivity contribution >= 4 is 11.0 Å². The van der Waals surface area contributed by atoms with E-state index in [0.717, 1.165) is 38.1 Å². The van der Waals surface area contributed by atoms with E-state index >= 15 is 0 Å². The Labute approximate surface area is 125 Å². The van der Waals surface area contributed by atoms with E-state index < -0.39 is 11.7 Å². The second kappa shape index (κ2) is 5.46. The molecule has 1 unspecified atom stereocenters. The molecule has 7 heteroatoms. The summed E-state index contributed by atoms with van der Waals surface area (Å²) < 4.78 is 39.8. The molecular weight excluding hydrogens is 295 g/mol. The highest BCUT2D eigenvalue weighted by atomic mass is 19.4. The number of piperidine rings is 1. The topological polar surface area (TPSA) is 41.0 Å². The monoisotopic (exact) mass is 313 g/mol. The first-order valence-electron chi connectivity index (χ1n) is 7.33. The van der Waals surface area contributed by atoms with Crippen molar-refractivity contribution in [2.45, 2.75) is 25.6 Å². The minimum Gasteiger partial charge on any atom is -0.306 e. The molecule has 1 atom stereocenters. The number of fused-ring (bicyclic) bond motifs is 1. The van der Waals surface area contributed by atoms with Gasteiger partial charge in [0.15, 0.2) is 0 Å². The van der Waals surface area contributed by atoms with Crippen molar-refractivity contribution in [3.8, 4) is 0 Å². The smallest absolute Gasteiger partial charge is 0.306 e. The van der Waals surface area contributed by atoms with Crippen LogP contribution < -0.4 is 5.69 Å². The van der Waals surface area contributed by atoms with Crippen molar-refractivity contribution in [1.82, 2.24) is 14.5 Å². The lowest BCUT2D eigenvalue weighted by Crippen LogP contribution is -2.35. The van der Waals surface area contributed by atoms with Crippen LogP contribution in [-0.4, -0.2) is 34.6 Å². The molecule has 22 heavy (non-hydrogen) atoms. The second-order valence-corrected chi connectivity index (χ2v) is 6.04. The fourth-order valence-corrected chi connectivity index (χ4v) is 3.20. The number of hydrogen-bond acceptors (Lipinski definition) is 2. The van der Waals surface area contributed by atoms with Crippen molar-refractivity contribution in [1.29, 1.82) is 0 Å². The van der Waals surface area contributed by atoms with E-state index in [1.54, 1.807) is 4.57 Å². The fraction of sp³-hybridized carbons (Fsp3) is 0.533. The molecule has 2 heterocycles. The molecule has 0 spiro atoms. The Balaban J connectivity index is 1.93. The third kappa shape index (κ3) is 2.90. The van der Waals surface area contributed by atoms with Gasteiger partial charge in [0.2, 0.25) is 0 Å². The normalized spacial score (nSPS) is 20.6. The minimum atomic E-state index is -4.40. The highest BCUT2D eigenvalue weighted by Gasteiger charge is 2.31. The van der Waals surface area contributed by atoms with E-state index in [-0.39, 0.29) is 11.2 Å². The molecule has 4 nitrogen and oxygen atoms in total. The SMILES string of the molecule is CN1CCCC(Cn2c(=O)[nH]c3cc(C(F)(F)F)ccc32)C1. The summed E-state index contributed by atoms with van der Waals surface area (Å²) in [7, 11) is 2.04. The summed E-state index contributed by atoms with van der Waals surface area (Å²) in [5.41, 5.74) is -0.316. The van der Waals surface area contributed by atoms with Crippen molar-refractivity contribution in [3.63, 3.8) is 0 Å². The summed E-state index contributed by atoms with van der Waals surface area (Å²) in [4.78, 5) is 16.8. The lowest BCUT2D eigenvalue weighted by molar-refractivity contribution is -0.137. The second-order valence-electron chi connectivity index (χ2n) is 6.04. The van der Waals surface area contributed by atoms with Gasteiger partial charge in [-0.15, -0.1) is 0 Å². The zero-order valence-electron chi connectivity index (χ0n) is 12.3. The summed E-state index contributed by atoms with van der Waals surface area (Å²) in [5.74, 6) is 0.345. The van der Waals surface area contributed by atoms with Crippen molar-refractivity contribution < 1.29 is 13.2 Å². The average molecular weight is 313 g/mol. The van der Waals surface area contributed by atoms with E-state index in [0.29, 0.717) is 18.0 Å². The van der Waals surface area contributed by atoms with Crippen molar-refractivity contribution in [2.75, 3.05) is 20.1 Å². The summed E-state index contributed by atoms with van der Waals surface area (Å²) in [6.45, 7) is 2.49. The molecule has 0 radical (unpaired) electrons. The van der Waals surface area contributed by atoms with E-state index in [4.69, 9.17) is 0 Å². The van der Waals surface area contributed by atoms with Crippen LogP contribution in [0, 0.1) is 5.92 Å². The number of halogens is 3. The number of benzene rings is 1.